The highest BCUT2D eigenvalue weighted by Gasteiger charge is 2.00. The number of nitrogens with zero attached hydrogens (tertiary/aromatic N) is 2. The van der Waals surface area contributed by atoms with E-state index < -0.39 is 6.09 Å². The van der Waals surface area contributed by atoms with Crippen LogP contribution in [0.2, 0.25) is 0 Å². The summed E-state index contributed by atoms with van der Waals surface area (Å²) in [6.07, 6.45) is 4.72. The Labute approximate surface area is 133 Å². The van der Waals surface area contributed by atoms with Crippen LogP contribution < -0.4 is 5.32 Å². The molecule has 0 aliphatic carbocycles. The second-order valence-electron chi connectivity index (χ2n) is 4.18. The van der Waals surface area contributed by atoms with Gasteiger partial charge < -0.3 is 10.1 Å². The molecule has 0 fully saturated rings. The standard InChI is InChI=1S/C16H15N3O2S/c1-22-15-18-10-14(11-19-15)8-5-9-17-16(20)21-12-13-6-3-2-4-7-13/h2-4,6-7,10-11H,9,12H2,1H3,(H,17,20). The quantitative estimate of drug-likeness (QED) is 0.534. The number of thioether (sulfide) groups is 1. The number of carbonyl (C=O) groups excluding carboxylic acids is 1. The Hall–Kier alpha value is -2.52. The fourth-order valence-electron chi connectivity index (χ4n) is 1.52. The summed E-state index contributed by atoms with van der Waals surface area (Å²) in [4.78, 5) is 19.7. The van der Waals surface area contributed by atoms with Crippen LogP contribution in [0.4, 0.5) is 4.79 Å². The Morgan fingerprint density at radius 3 is 2.68 bits per heavy atom. The number of benzene rings is 1. The maximum absolute atomic E-state index is 11.5. The number of hydrogen-bond acceptors (Lipinski definition) is 5. The number of aromatic nitrogens is 2. The molecule has 0 saturated carbocycles. The van der Waals surface area contributed by atoms with Gasteiger partial charge in [-0.1, -0.05) is 53.9 Å². The van der Waals surface area contributed by atoms with E-state index in [-0.39, 0.29) is 13.2 Å². The molecule has 1 amide bonds. The van der Waals surface area contributed by atoms with Crippen LogP contribution in [-0.4, -0.2) is 28.9 Å². The topological polar surface area (TPSA) is 64.1 Å². The lowest BCUT2D eigenvalue weighted by atomic mass is 10.2. The van der Waals surface area contributed by atoms with Gasteiger partial charge in [-0.05, 0) is 11.8 Å². The van der Waals surface area contributed by atoms with Crippen LogP contribution in [0, 0.1) is 11.8 Å². The van der Waals surface area contributed by atoms with Crippen LogP contribution >= 0.6 is 11.8 Å². The summed E-state index contributed by atoms with van der Waals surface area (Å²) < 4.78 is 5.07. The van der Waals surface area contributed by atoms with Gasteiger partial charge in [0, 0.05) is 12.4 Å². The second-order valence-corrected chi connectivity index (χ2v) is 4.95. The van der Waals surface area contributed by atoms with E-state index in [1.807, 2.05) is 36.6 Å². The minimum atomic E-state index is -0.493. The van der Waals surface area contributed by atoms with E-state index in [9.17, 15) is 4.79 Å². The molecule has 112 valence electrons. The first-order valence-electron chi connectivity index (χ1n) is 6.57. The smallest absolute Gasteiger partial charge is 0.408 e. The zero-order valence-electron chi connectivity index (χ0n) is 12.1. The van der Waals surface area contributed by atoms with Gasteiger partial charge in [-0.25, -0.2) is 14.8 Å². The summed E-state index contributed by atoms with van der Waals surface area (Å²) in [5.41, 5.74) is 1.65. The molecule has 6 heteroatoms. The summed E-state index contributed by atoms with van der Waals surface area (Å²) in [5, 5.41) is 3.27. The first-order valence-corrected chi connectivity index (χ1v) is 7.80. The highest BCUT2D eigenvalue weighted by Crippen LogP contribution is 2.06. The van der Waals surface area contributed by atoms with Crippen molar-refractivity contribution in [3.05, 3.63) is 53.9 Å². The Morgan fingerprint density at radius 1 is 1.27 bits per heavy atom. The average molecular weight is 313 g/mol. The van der Waals surface area contributed by atoms with Gasteiger partial charge in [-0.3, -0.25) is 0 Å². The highest BCUT2D eigenvalue weighted by atomic mass is 32.2. The second kappa shape index (κ2) is 8.70. The number of carbonyl (C=O) groups is 1. The van der Waals surface area contributed by atoms with E-state index in [2.05, 4.69) is 27.1 Å². The molecule has 1 heterocycles. The minimum Gasteiger partial charge on any atom is -0.445 e. The average Bonchev–Trinajstić information content (AvgIpc) is 2.58. The van der Waals surface area contributed by atoms with Crippen molar-refractivity contribution in [2.45, 2.75) is 11.8 Å². The van der Waals surface area contributed by atoms with E-state index in [1.165, 1.54) is 11.8 Å². The molecule has 0 unspecified atom stereocenters. The SMILES string of the molecule is CSc1ncc(C#CCNC(=O)OCc2ccccc2)cn1. The molecule has 2 rings (SSSR count). The number of alkyl carbamates (subject to hydrolysis) is 1. The molecule has 1 aromatic carbocycles. The van der Waals surface area contributed by atoms with Crippen LogP contribution in [-0.2, 0) is 11.3 Å². The van der Waals surface area contributed by atoms with Crippen LogP contribution in [0.5, 0.6) is 0 Å². The molecule has 0 radical (unpaired) electrons. The van der Waals surface area contributed by atoms with Crippen LogP contribution in [0.1, 0.15) is 11.1 Å². The zero-order chi connectivity index (χ0) is 15.6. The monoisotopic (exact) mass is 313 g/mol. The molecule has 5 nitrogen and oxygen atoms in total. The Kier molecular flexibility index (Phi) is 6.27. The van der Waals surface area contributed by atoms with Crippen molar-refractivity contribution in [1.29, 1.82) is 0 Å². The molecule has 0 saturated heterocycles. The highest BCUT2D eigenvalue weighted by molar-refractivity contribution is 7.98. The number of rotatable bonds is 4. The van der Waals surface area contributed by atoms with Crippen molar-refractivity contribution in [2.75, 3.05) is 12.8 Å². The van der Waals surface area contributed by atoms with Crippen LogP contribution in [0.3, 0.4) is 0 Å². The van der Waals surface area contributed by atoms with Gasteiger partial charge >= 0.3 is 6.09 Å². The van der Waals surface area contributed by atoms with Gasteiger partial charge in [0.2, 0.25) is 0 Å². The summed E-state index contributed by atoms with van der Waals surface area (Å²) in [6, 6.07) is 9.49. The molecule has 0 aliphatic rings. The van der Waals surface area contributed by atoms with E-state index in [0.717, 1.165) is 5.56 Å². The molecule has 0 atom stereocenters. The van der Waals surface area contributed by atoms with Gasteiger partial charge in [0.15, 0.2) is 5.16 Å². The van der Waals surface area contributed by atoms with Crippen molar-refractivity contribution in [3.63, 3.8) is 0 Å². The predicted molar refractivity (Wildman–Crippen MR) is 85.3 cm³/mol. The lowest BCUT2D eigenvalue weighted by molar-refractivity contribution is 0.141. The molecule has 2 aromatic rings. The first kappa shape index (κ1) is 15.9. The summed E-state index contributed by atoms with van der Waals surface area (Å²) in [7, 11) is 0. The summed E-state index contributed by atoms with van der Waals surface area (Å²) >= 11 is 1.47. The van der Waals surface area contributed by atoms with E-state index in [1.54, 1.807) is 12.4 Å². The van der Waals surface area contributed by atoms with Crippen molar-refractivity contribution in [3.8, 4) is 11.8 Å². The third-order valence-electron chi connectivity index (χ3n) is 2.58. The molecule has 1 N–H and O–H groups in total. The van der Waals surface area contributed by atoms with E-state index >= 15 is 0 Å². The van der Waals surface area contributed by atoms with Crippen LogP contribution in [0.15, 0.2) is 47.9 Å². The van der Waals surface area contributed by atoms with Crippen molar-refractivity contribution < 1.29 is 9.53 Å². The van der Waals surface area contributed by atoms with E-state index in [0.29, 0.717) is 10.7 Å². The lowest BCUT2D eigenvalue weighted by Gasteiger charge is -2.04. The zero-order valence-corrected chi connectivity index (χ0v) is 12.9. The maximum Gasteiger partial charge on any atom is 0.408 e. The number of amides is 1. The summed E-state index contributed by atoms with van der Waals surface area (Å²) in [5.74, 6) is 5.69. The van der Waals surface area contributed by atoms with Gasteiger partial charge in [0.1, 0.15) is 6.61 Å². The normalized spacial score (nSPS) is 9.50. The third-order valence-corrected chi connectivity index (χ3v) is 3.15. The molecule has 22 heavy (non-hydrogen) atoms. The van der Waals surface area contributed by atoms with Gasteiger partial charge in [0.25, 0.3) is 0 Å². The maximum atomic E-state index is 11.5. The van der Waals surface area contributed by atoms with Crippen molar-refractivity contribution in [1.82, 2.24) is 15.3 Å². The third kappa shape index (κ3) is 5.46. The van der Waals surface area contributed by atoms with E-state index in [4.69, 9.17) is 4.74 Å². The van der Waals surface area contributed by atoms with Gasteiger partial charge in [0.05, 0.1) is 12.1 Å². The molecule has 0 bridgehead atoms. The molecule has 0 spiro atoms. The molecular formula is C16H15N3O2S. The molecular weight excluding hydrogens is 298 g/mol. The van der Waals surface area contributed by atoms with Gasteiger partial charge in [-0.2, -0.15) is 0 Å². The number of hydrogen-bond donors (Lipinski definition) is 1. The fourth-order valence-corrected chi connectivity index (χ4v) is 1.84. The number of nitrogens with one attached hydrogen (secondary N) is 1. The van der Waals surface area contributed by atoms with Crippen molar-refractivity contribution >= 4 is 17.9 Å². The lowest BCUT2D eigenvalue weighted by Crippen LogP contribution is -2.24. The Balaban J connectivity index is 1.71. The Morgan fingerprint density at radius 2 is 2.00 bits per heavy atom. The molecule has 1 aromatic heterocycles. The first-order chi connectivity index (χ1) is 10.8. The fraction of sp³-hybridized carbons (Fsp3) is 0.188. The molecule has 0 aliphatic heterocycles. The summed E-state index contributed by atoms with van der Waals surface area (Å²) in [6.45, 7) is 0.446. The van der Waals surface area contributed by atoms with Crippen molar-refractivity contribution in [2.24, 2.45) is 0 Å². The van der Waals surface area contributed by atoms with Gasteiger partial charge in [-0.15, -0.1) is 0 Å². The predicted octanol–water partition coefficient (Wildman–Crippen LogP) is 2.48. The Bertz CT molecular complexity index is 663. The van der Waals surface area contributed by atoms with Crippen LogP contribution in [0.25, 0.3) is 0 Å². The minimum absolute atomic E-state index is 0.206. The largest absolute Gasteiger partial charge is 0.445 e. The number of ether oxygens (including phenoxy) is 1.